The van der Waals surface area contributed by atoms with Crippen LogP contribution in [-0.4, -0.2) is 43.4 Å². The molecule has 0 saturated carbocycles. The maximum atomic E-state index is 12.0. The maximum absolute atomic E-state index is 12.0. The van der Waals surface area contributed by atoms with E-state index >= 15 is 0 Å². The molecule has 11 heteroatoms. The SMILES string of the molecule is COc1cc2c(cc1Nc1ncc(Cl)c(Nc3cccc(OCC#N)c3)n1)CCOC(=O)N2C. The van der Waals surface area contributed by atoms with Crippen LogP contribution in [0, 0.1) is 11.3 Å². The summed E-state index contributed by atoms with van der Waals surface area (Å²) in [5.74, 6) is 1.72. The van der Waals surface area contributed by atoms with Crippen LogP contribution >= 0.6 is 11.6 Å². The van der Waals surface area contributed by atoms with Gasteiger partial charge in [0.25, 0.3) is 0 Å². The third-order valence-electron chi connectivity index (χ3n) is 5.02. The number of cyclic esters (lactones) is 1. The summed E-state index contributed by atoms with van der Waals surface area (Å²) in [7, 11) is 3.19. The smallest absolute Gasteiger partial charge is 0.414 e. The number of nitrogens with zero attached hydrogens (tertiary/aromatic N) is 4. The van der Waals surface area contributed by atoms with Crippen molar-refractivity contribution in [3.05, 3.63) is 53.2 Å². The molecule has 0 bridgehead atoms. The van der Waals surface area contributed by atoms with E-state index < -0.39 is 6.09 Å². The zero-order valence-electron chi connectivity index (χ0n) is 18.5. The normalized spacial score (nSPS) is 12.6. The first-order valence-corrected chi connectivity index (χ1v) is 10.6. The van der Waals surface area contributed by atoms with Crippen LogP contribution in [-0.2, 0) is 11.2 Å². The van der Waals surface area contributed by atoms with E-state index in [0.29, 0.717) is 45.8 Å². The number of fused-ring (bicyclic) bond motifs is 1. The fourth-order valence-corrected chi connectivity index (χ4v) is 3.53. The molecule has 34 heavy (non-hydrogen) atoms. The molecule has 3 aromatic rings. The van der Waals surface area contributed by atoms with Crippen LogP contribution in [0.3, 0.4) is 0 Å². The van der Waals surface area contributed by atoms with Crippen LogP contribution in [0.2, 0.25) is 5.02 Å². The van der Waals surface area contributed by atoms with E-state index in [0.717, 1.165) is 5.56 Å². The van der Waals surface area contributed by atoms with Gasteiger partial charge in [0.2, 0.25) is 5.95 Å². The highest BCUT2D eigenvalue weighted by Gasteiger charge is 2.23. The third kappa shape index (κ3) is 5.05. The van der Waals surface area contributed by atoms with Crippen LogP contribution < -0.4 is 25.0 Å². The number of carbonyl (C=O) groups is 1. The summed E-state index contributed by atoms with van der Waals surface area (Å²) in [6.07, 6.45) is 1.62. The lowest BCUT2D eigenvalue weighted by atomic mass is 10.1. The summed E-state index contributed by atoms with van der Waals surface area (Å²) >= 11 is 6.31. The largest absolute Gasteiger partial charge is 0.494 e. The zero-order chi connectivity index (χ0) is 24.1. The molecule has 0 atom stereocenters. The highest BCUT2D eigenvalue weighted by Crippen LogP contribution is 2.36. The lowest BCUT2D eigenvalue weighted by molar-refractivity contribution is 0.159. The standard InChI is InChI=1S/C23H21ClN6O4/c1-30-19-12-20(32-2)18(10-14(19)6-8-34-23(30)31)28-22-26-13-17(24)21(29-22)27-15-4-3-5-16(11-15)33-9-7-25/h3-5,10-13H,6,8-9H2,1-2H3,(H2,26,27,28,29). The minimum atomic E-state index is -0.416. The minimum Gasteiger partial charge on any atom is -0.494 e. The van der Waals surface area contributed by atoms with Gasteiger partial charge in [0.05, 0.1) is 31.3 Å². The second-order valence-corrected chi connectivity index (χ2v) is 7.63. The monoisotopic (exact) mass is 480 g/mol. The molecule has 4 rings (SSSR count). The second kappa shape index (κ2) is 10.1. The van der Waals surface area contributed by atoms with Crippen molar-refractivity contribution in [1.82, 2.24) is 9.97 Å². The van der Waals surface area contributed by atoms with Crippen molar-refractivity contribution in [1.29, 1.82) is 5.26 Å². The summed E-state index contributed by atoms with van der Waals surface area (Å²) in [5, 5.41) is 15.3. The van der Waals surface area contributed by atoms with Gasteiger partial charge in [-0.3, -0.25) is 4.90 Å². The number of rotatable bonds is 7. The van der Waals surface area contributed by atoms with Crippen LogP contribution in [0.25, 0.3) is 0 Å². The van der Waals surface area contributed by atoms with E-state index in [2.05, 4.69) is 20.6 Å². The van der Waals surface area contributed by atoms with Crippen molar-refractivity contribution in [2.45, 2.75) is 6.42 Å². The Morgan fingerprint density at radius 3 is 2.94 bits per heavy atom. The average Bonchev–Trinajstić information content (AvgIpc) is 2.97. The van der Waals surface area contributed by atoms with Gasteiger partial charge < -0.3 is 24.8 Å². The number of aromatic nitrogens is 2. The molecule has 2 heterocycles. The first-order chi connectivity index (χ1) is 16.5. The fourth-order valence-electron chi connectivity index (χ4n) is 3.39. The Hall–Kier alpha value is -4.23. The predicted molar refractivity (Wildman–Crippen MR) is 128 cm³/mol. The topological polar surface area (TPSA) is 122 Å². The summed E-state index contributed by atoms with van der Waals surface area (Å²) < 4.78 is 16.1. The number of benzene rings is 2. The van der Waals surface area contributed by atoms with E-state index in [1.54, 1.807) is 38.4 Å². The number of hydrogen-bond acceptors (Lipinski definition) is 9. The molecule has 0 unspecified atom stereocenters. The molecule has 0 saturated heterocycles. The molecule has 0 fully saturated rings. The highest BCUT2D eigenvalue weighted by atomic mass is 35.5. The van der Waals surface area contributed by atoms with Gasteiger partial charge in [-0.25, -0.2) is 9.78 Å². The van der Waals surface area contributed by atoms with E-state index in [-0.39, 0.29) is 19.2 Å². The van der Waals surface area contributed by atoms with Gasteiger partial charge >= 0.3 is 6.09 Å². The minimum absolute atomic E-state index is 0.0511. The van der Waals surface area contributed by atoms with E-state index in [9.17, 15) is 4.79 Å². The van der Waals surface area contributed by atoms with E-state index in [1.165, 1.54) is 11.1 Å². The molecule has 0 spiro atoms. The number of carbonyl (C=O) groups excluding carboxylic acids is 1. The van der Waals surface area contributed by atoms with Gasteiger partial charge in [0, 0.05) is 31.3 Å². The van der Waals surface area contributed by atoms with Gasteiger partial charge in [-0.05, 0) is 23.8 Å². The van der Waals surface area contributed by atoms with Crippen molar-refractivity contribution >= 4 is 46.5 Å². The Morgan fingerprint density at radius 1 is 1.29 bits per heavy atom. The fraction of sp³-hybridized carbons (Fsp3) is 0.217. The van der Waals surface area contributed by atoms with Gasteiger partial charge in [-0.2, -0.15) is 10.2 Å². The first kappa shape index (κ1) is 22.9. The Bertz CT molecular complexity index is 1260. The number of nitrogens with one attached hydrogen (secondary N) is 2. The Morgan fingerprint density at radius 2 is 2.15 bits per heavy atom. The lowest BCUT2D eigenvalue weighted by Gasteiger charge is -2.19. The second-order valence-electron chi connectivity index (χ2n) is 7.22. The summed E-state index contributed by atoms with van der Waals surface area (Å²) in [4.78, 5) is 22.2. The Balaban J connectivity index is 1.60. The molecule has 10 nitrogen and oxygen atoms in total. The molecule has 1 amide bonds. The van der Waals surface area contributed by atoms with Crippen LogP contribution in [0.4, 0.5) is 33.6 Å². The number of nitriles is 1. The molecule has 1 aromatic heterocycles. The van der Waals surface area contributed by atoms with Crippen LogP contribution in [0.1, 0.15) is 5.56 Å². The number of ether oxygens (including phenoxy) is 3. The van der Waals surface area contributed by atoms with Gasteiger partial charge in [0.15, 0.2) is 12.4 Å². The molecular formula is C23H21ClN6O4. The number of halogens is 1. The summed E-state index contributed by atoms with van der Waals surface area (Å²) in [6.45, 7) is 0.231. The molecule has 1 aliphatic rings. The van der Waals surface area contributed by atoms with Crippen molar-refractivity contribution in [3.63, 3.8) is 0 Å². The Labute approximate surface area is 201 Å². The quantitative estimate of drug-likeness (QED) is 0.497. The number of methoxy groups -OCH3 is 1. The molecule has 174 valence electrons. The highest BCUT2D eigenvalue weighted by molar-refractivity contribution is 6.32. The van der Waals surface area contributed by atoms with Crippen molar-refractivity contribution in [2.24, 2.45) is 0 Å². The number of hydrogen-bond donors (Lipinski definition) is 2. The molecule has 1 aliphatic heterocycles. The average molecular weight is 481 g/mol. The number of anilines is 5. The van der Waals surface area contributed by atoms with Crippen molar-refractivity contribution < 1.29 is 19.0 Å². The summed E-state index contributed by atoms with van der Waals surface area (Å²) in [5.41, 5.74) is 2.93. The molecule has 0 aliphatic carbocycles. The van der Waals surface area contributed by atoms with Crippen LogP contribution in [0.5, 0.6) is 11.5 Å². The lowest BCUT2D eigenvalue weighted by Crippen LogP contribution is -2.25. The Kier molecular flexibility index (Phi) is 6.85. The van der Waals surface area contributed by atoms with Gasteiger partial charge in [-0.15, -0.1) is 0 Å². The zero-order valence-corrected chi connectivity index (χ0v) is 19.2. The third-order valence-corrected chi connectivity index (χ3v) is 5.30. The maximum Gasteiger partial charge on any atom is 0.414 e. The van der Waals surface area contributed by atoms with Crippen molar-refractivity contribution in [2.75, 3.05) is 42.9 Å². The molecule has 2 aromatic carbocycles. The first-order valence-electron chi connectivity index (χ1n) is 10.3. The molecular weight excluding hydrogens is 460 g/mol. The van der Waals surface area contributed by atoms with E-state index in [4.69, 9.17) is 31.1 Å². The van der Waals surface area contributed by atoms with Crippen LogP contribution in [0.15, 0.2) is 42.6 Å². The predicted octanol–water partition coefficient (Wildman–Crippen LogP) is 4.66. The summed E-state index contributed by atoms with van der Waals surface area (Å²) in [6, 6.07) is 12.7. The van der Waals surface area contributed by atoms with Gasteiger partial charge in [-0.1, -0.05) is 17.7 Å². The van der Waals surface area contributed by atoms with Gasteiger partial charge in [0.1, 0.15) is 22.6 Å². The number of amides is 1. The van der Waals surface area contributed by atoms with Crippen molar-refractivity contribution in [3.8, 4) is 17.6 Å². The molecule has 2 N–H and O–H groups in total. The van der Waals surface area contributed by atoms with E-state index in [1.807, 2.05) is 18.2 Å². The molecule has 0 radical (unpaired) electrons.